The van der Waals surface area contributed by atoms with Gasteiger partial charge in [0.25, 0.3) is 0 Å². The van der Waals surface area contributed by atoms with Gasteiger partial charge in [0, 0.05) is 18.3 Å². The number of benzene rings is 1. The molecule has 7 nitrogen and oxygen atoms in total. The summed E-state index contributed by atoms with van der Waals surface area (Å²) in [7, 11) is 0. The first-order valence-electron chi connectivity index (χ1n) is 8.59. The van der Waals surface area contributed by atoms with Crippen molar-refractivity contribution in [3.63, 3.8) is 0 Å². The average Bonchev–Trinajstić information content (AvgIpc) is 2.87. The molecule has 1 aromatic rings. The average molecular weight is 355 g/mol. The zero-order valence-electron chi connectivity index (χ0n) is 14.7. The second-order valence-corrected chi connectivity index (χ2v) is 6.63. The van der Waals surface area contributed by atoms with Crippen LogP contribution in [0.15, 0.2) is 36.4 Å². The smallest absolute Gasteiger partial charge is 0.247 e. The number of nitrogens with zero attached hydrogens (tertiary/aromatic N) is 1. The maximum atomic E-state index is 12.5. The van der Waals surface area contributed by atoms with Gasteiger partial charge in [0.1, 0.15) is 6.04 Å². The van der Waals surface area contributed by atoms with Gasteiger partial charge in [0.05, 0.1) is 11.8 Å². The number of anilines is 2. The normalized spacial score (nSPS) is 22.8. The number of amides is 4. The first kappa shape index (κ1) is 17.8. The van der Waals surface area contributed by atoms with Crippen molar-refractivity contribution >= 4 is 35.0 Å². The van der Waals surface area contributed by atoms with Gasteiger partial charge in [-0.05, 0) is 44.0 Å². The van der Waals surface area contributed by atoms with Crippen LogP contribution in [0.5, 0.6) is 0 Å². The van der Waals surface area contributed by atoms with E-state index in [0.717, 1.165) is 4.90 Å². The molecular formula is C19H21N3O4. The molecule has 1 aliphatic heterocycles. The Morgan fingerprint density at radius 1 is 0.962 bits per heavy atom. The number of hydrogen-bond acceptors (Lipinski definition) is 4. The van der Waals surface area contributed by atoms with Crippen LogP contribution in [0.3, 0.4) is 0 Å². The Kier molecular flexibility index (Phi) is 4.88. The second-order valence-electron chi connectivity index (χ2n) is 6.63. The minimum atomic E-state index is -0.879. The standard InChI is InChI=1S/C19H21N3O4/c1-11(22-18(25)15-5-3-4-6-16(15)19(22)26)17(24)21-14-9-7-13(8-10-14)20-12(2)23/h3-4,7-11,15-16H,5-6H2,1-2H3,(H,20,23)(H,21,24)/t11-,15+,16+/m0/s1. The van der Waals surface area contributed by atoms with Crippen LogP contribution < -0.4 is 10.6 Å². The molecule has 2 aliphatic rings. The Bertz CT molecular complexity index is 758. The molecule has 1 saturated heterocycles. The van der Waals surface area contributed by atoms with Gasteiger partial charge in [-0.2, -0.15) is 0 Å². The van der Waals surface area contributed by atoms with Crippen LogP contribution in [0, 0.1) is 11.8 Å². The predicted molar refractivity (Wildman–Crippen MR) is 96.0 cm³/mol. The lowest BCUT2D eigenvalue weighted by Gasteiger charge is -2.22. The summed E-state index contributed by atoms with van der Waals surface area (Å²) in [6.45, 7) is 2.97. The highest BCUT2D eigenvalue weighted by molar-refractivity contribution is 6.10. The van der Waals surface area contributed by atoms with Crippen LogP contribution in [-0.2, 0) is 19.2 Å². The molecule has 0 bridgehead atoms. The molecule has 26 heavy (non-hydrogen) atoms. The van der Waals surface area contributed by atoms with Crippen molar-refractivity contribution in [3.05, 3.63) is 36.4 Å². The van der Waals surface area contributed by atoms with Gasteiger partial charge in [0.2, 0.25) is 23.6 Å². The van der Waals surface area contributed by atoms with E-state index in [-0.39, 0.29) is 29.6 Å². The number of carbonyl (C=O) groups excluding carboxylic acids is 4. The van der Waals surface area contributed by atoms with E-state index in [1.165, 1.54) is 6.92 Å². The highest BCUT2D eigenvalue weighted by Crippen LogP contribution is 2.36. The van der Waals surface area contributed by atoms with Gasteiger partial charge in [0.15, 0.2) is 0 Å². The third kappa shape index (κ3) is 3.37. The molecule has 2 N–H and O–H groups in total. The van der Waals surface area contributed by atoms with Crippen LogP contribution in [0.4, 0.5) is 11.4 Å². The third-order valence-corrected chi connectivity index (χ3v) is 4.78. The quantitative estimate of drug-likeness (QED) is 0.637. The lowest BCUT2D eigenvalue weighted by atomic mass is 9.85. The Morgan fingerprint density at radius 3 is 1.88 bits per heavy atom. The van der Waals surface area contributed by atoms with Crippen molar-refractivity contribution < 1.29 is 19.2 Å². The van der Waals surface area contributed by atoms with E-state index < -0.39 is 11.9 Å². The van der Waals surface area contributed by atoms with E-state index >= 15 is 0 Å². The van der Waals surface area contributed by atoms with E-state index in [0.29, 0.717) is 24.2 Å². The summed E-state index contributed by atoms with van der Waals surface area (Å²) in [6.07, 6.45) is 4.92. The van der Waals surface area contributed by atoms with Crippen molar-refractivity contribution in [1.82, 2.24) is 4.90 Å². The molecule has 1 aromatic carbocycles. The van der Waals surface area contributed by atoms with Crippen molar-refractivity contribution in [2.24, 2.45) is 11.8 Å². The fraction of sp³-hybridized carbons (Fsp3) is 0.368. The van der Waals surface area contributed by atoms with Gasteiger partial charge in [-0.1, -0.05) is 12.2 Å². The highest BCUT2D eigenvalue weighted by atomic mass is 16.2. The first-order chi connectivity index (χ1) is 12.4. The number of likely N-dealkylation sites (tertiary alicyclic amines) is 1. The number of rotatable bonds is 4. The summed E-state index contributed by atoms with van der Waals surface area (Å²) >= 11 is 0. The van der Waals surface area contributed by atoms with Crippen molar-refractivity contribution in [3.8, 4) is 0 Å². The summed E-state index contributed by atoms with van der Waals surface area (Å²) < 4.78 is 0. The molecule has 1 fully saturated rings. The molecular weight excluding hydrogens is 334 g/mol. The first-order valence-corrected chi connectivity index (χ1v) is 8.59. The number of imide groups is 1. The molecule has 1 aliphatic carbocycles. The second kappa shape index (κ2) is 7.11. The maximum absolute atomic E-state index is 12.5. The molecule has 0 aromatic heterocycles. The Hall–Kier alpha value is -2.96. The minimum Gasteiger partial charge on any atom is -0.326 e. The van der Waals surface area contributed by atoms with Gasteiger partial charge in [-0.25, -0.2) is 0 Å². The third-order valence-electron chi connectivity index (χ3n) is 4.78. The molecule has 7 heteroatoms. The molecule has 3 atom stereocenters. The summed E-state index contributed by atoms with van der Waals surface area (Å²) in [4.78, 5) is 49.7. The summed E-state index contributed by atoms with van der Waals surface area (Å²) in [6, 6.07) is 5.73. The highest BCUT2D eigenvalue weighted by Gasteiger charge is 2.50. The topological polar surface area (TPSA) is 95.6 Å². The summed E-state index contributed by atoms with van der Waals surface area (Å²) in [5.74, 6) is -1.84. The fourth-order valence-electron chi connectivity index (χ4n) is 3.41. The van der Waals surface area contributed by atoms with E-state index in [4.69, 9.17) is 0 Å². The van der Waals surface area contributed by atoms with E-state index in [2.05, 4.69) is 10.6 Å². The lowest BCUT2D eigenvalue weighted by molar-refractivity contribution is -0.146. The van der Waals surface area contributed by atoms with E-state index in [9.17, 15) is 19.2 Å². The largest absolute Gasteiger partial charge is 0.326 e. The molecule has 136 valence electrons. The fourth-order valence-corrected chi connectivity index (χ4v) is 3.41. The number of fused-ring (bicyclic) bond motifs is 1. The molecule has 0 radical (unpaired) electrons. The number of hydrogen-bond donors (Lipinski definition) is 2. The minimum absolute atomic E-state index is 0.183. The van der Waals surface area contributed by atoms with Crippen molar-refractivity contribution in [1.29, 1.82) is 0 Å². The Balaban J connectivity index is 1.67. The van der Waals surface area contributed by atoms with E-state index in [1.54, 1.807) is 31.2 Å². The number of nitrogens with one attached hydrogen (secondary N) is 2. The number of allylic oxidation sites excluding steroid dienone is 2. The summed E-state index contributed by atoms with van der Waals surface area (Å²) in [5, 5.41) is 5.35. The van der Waals surface area contributed by atoms with Gasteiger partial charge in [-0.15, -0.1) is 0 Å². The van der Waals surface area contributed by atoms with Crippen LogP contribution in [0.1, 0.15) is 26.7 Å². The monoisotopic (exact) mass is 355 g/mol. The molecule has 3 rings (SSSR count). The Labute approximate surface area is 151 Å². The molecule has 0 saturated carbocycles. The van der Waals surface area contributed by atoms with Gasteiger partial charge in [-0.3, -0.25) is 24.1 Å². The SMILES string of the molecule is CC(=O)Nc1ccc(NC(=O)[C@H](C)N2C(=O)[C@@H]3CC=CC[C@H]3C2=O)cc1. The molecule has 1 heterocycles. The molecule has 4 amide bonds. The van der Waals surface area contributed by atoms with Crippen LogP contribution in [0.25, 0.3) is 0 Å². The summed E-state index contributed by atoms with van der Waals surface area (Å²) in [5.41, 5.74) is 1.14. The molecule has 0 unspecified atom stereocenters. The maximum Gasteiger partial charge on any atom is 0.247 e. The van der Waals surface area contributed by atoms with Crippen LogP contribution in [-0.4, -0.2) is 34.6 Å². The van der Waals surface area contributed by atoms with Crippen molar-refractivity contribution in [2.75, 3.05) is 10.6 Å². The number of carbonyl (C=O) groups is 4. The van der Waals surface area contributed by atoms with Gasteiger partial charge < -0.3 is 10.6 Å². The zero-order chi connectivity index (χ0) is 18.8. The zero-order valence-corrected chi connectivity index (χ0v) is 14.7. The van der Waals surface area contributed by atoms with Crippen LogP contribution in [0.2, 0.25) is 0 Å². The molecule has 0 spiro atoms. The van der Waals surface area contributed by atoms with Crippen molar-refractivity contribution in [2.45, 2.75) is 32.7 Å². The van der Waals surface area contributed by atoms with E-state index in [1.807, 2.05) is 12.2 Å². The Morgan fingerprint density at radius 2 is 1.42 bits per heavy atom. The van der Waals surface area contributed by atoms with Crippen LogP contribution >= 0.6 is 0 Å². The lowest BCUT2D eigenvalue weighted by Crippen LogP contribution is -2.46. The van der Waals surface area contributed by atoms with Gasteiger partial charge >= 0.3 is 0 Å². The predicted octanol–water partition coefficient (Wildman–Crippen LogP) is 1.92.